The van der Waals surface area contributed by atoms with Gasteiger partial charge in [-0.15, -0.1) is 0 Å². The molecule has 0 fully saturated rings. The Morgan fingerprint density at radius 1 is 1.30 bits per heavy atom. The molecule has 0 saturated heterocycles. The van der Waals surface area contributed by atoms with Crippen LogP contribution < -0.4 is 5.43 Å². The molecule has 5 nitrogen and oxygen atoms in total. The predicted octanol–water partition coefficient (Wildman–Crippen LogP) is 2.69. The van der Waals surface area contributed by atoms with Crippen LogP contribution in [0.3, 0.4) is 0 Å². The summed E-state index contributed by atoms with van der Waals surface area (Å²) in [4.78, 5) is 11.9. The first-order valence-electron chi connectivity index (χ1n) is 6.53. The van der Waals surface area contributed by atoms with Crippen LogP contribution in [-0.4, -0.2) is 21.8 Å². The Balaban J connectivity index is 2.04. The van der Waals surface area contributed by atoms with Crippen molar-refractivity contribution >= 4 is 11.6 Å². The van der Waals surface area contributed by atoms with Gasteiger partial charge in [-0.05, 0) is 24.5 Å². The first-order chi connectivity index (χ1) is 9.58. The van der Waals surface area contributed by atoms with Crippen molar-refractivity contribution in [3.63, 3.8) is 0 Å². The van der Waals surface area contributed by atoms with Crippen molar-refractivity contribution in [2.24, 2.45) is 5.10 Å². The van der Waals surface area contributed by atoms with Gasteiger partial charge in [0.1, 0.15) is 0 Å². The molecule has 0 spiro atoms. The summed E-state index contributed by atoms with van der Waals surface area (Å²) < 4.78 is 0. The predicted molar refractivity (Wildman–Crippen MR) is 78.8 cm³/mol. The number of benzene rings is 1. The van der Waals surface area contributed by atoms with Gasteiger partial charge in [-0.3, -0.25) is 9.89 Å². The number of hydrazone groups is 1. The van der Waals surface area contributed by atoms with Crippen molar-refractivity contribution < 1.29 is 4.79 Å². The maximum absolute atomic E-state index is 11.9. The molecule has 1 heterocycles. The zero-order valence-electron chi connectivity index (χ0n) is 11.8. The second-order valence-corrected chi connectivity index (χ2v) is 4.87. The fourth-order valence-electron chi connectivity index (χ4n) is 1.68. The highest BCUT2D eigenvalue weighted by Crippen LogP contribution is 2.11. The van der Waals surface area contributed by atoms with Crippen molar-refractivity contribution in [1.29, 1.82) is 0 Å². The molecule has 2 N–H and O–H groups in total. The topological polar surface area (TPSA) is 70.1 Å². The number of aromatic amines is 1. The average molecular weight is 270 g/mol. The normalized spacial score (nSPS) is 11.7. The molecule has 0 aliphatic heterocycles. The molecule has 5 heteroatoms. The van der Waals surface area contributed by atoms with Gasteiger partial charge in [0.05, 0.1) is 5.71 Å². The second-order valence-electron chi connectivity index (χ2n) is 4.87. The van der Waals surface area contributed by atoms with Crippen LogP contribution in [0, 0.1) is 0 Å². The molecule has 2 aromatic rings. The Hall–Kier alpha value is -2.43. The fourth-order valence-corrected chi connectivity index (χ4v) is 1.68. The lowest BCUT2D eigenvalue weighted by molar-refractivity contribution is 0.0950. The molecule has 0 unspecified atom stereocenters. The number of carbonyl (C=O) groups is 1. The zero-order valence-corrected chi connectivity index (χ0v) is 11.8. The van der Waals surface area contributed by atoms with E-state index >= 15 is 0 Å². The molecule has 2 rings (SSSR count). The summed E-state index contributed by atoms with van der Waals surface area (Å²) in [5, 5.41) is 10.9. The molecule has 20 heavy (non-hydrogen) atoms. The number of hydrogen-bond acceptors (Lipinski definition) is 3. The van der Waals surface area contributed by atoms with E-state index in [0.717, 1.165) is 17.0 Å². The fraction of sp³-hybridized carbons (Fsp3) is 0.267. The summed E-state index contributed by atoms with van der Waals surface area (Å²) >= 11 is 0. The summed E-state index contributed by atoms with van der Waals surface area (Å²) in [5.41, 5.74) is 5.51. The third-order valence-electron chi connectivity index (χ3n) is 2.97. The van der Waals surface area contributed by atoms with Crippen molar-refractivity contribution in [1.82, 2.24) is 15.6 Å². The number of amides is 1. The summed E-state index contributed by atoms with van der Waals surface area (Å²) in [6.07, 6.45) is 0. The lowest BCUT2D eigenvalue weighted by Gasteiger charge is -2.01. The molecular weight excluding hydrogens is 252 g/mol. The minimum Gasteiger partial charge on any atom is -0.282 e. The molecule has 0 aliphatic rings. The largest absolute Gasteiger partial charge is 0.291 e. The number of aromatic nitrogens is 2. The molecule has 0 saturated carbocycles. The van der Waals surface area contributed by atoms with Gasteiger partial charge in [0, 0.05) is 5.69 Å². The van der Waals surface area contributed by atoms with Crippen LogP contribution in [0.4, 0.5) is 0 Å². The van der Waals surface area contributed by atoms with Crippen LogP contribution in [-0.2, 0) is 0 Å². The number of hydrogen-bond donors (Lipinski definition) is 2. The highest BCUT2D eigenvalue weighted by molar-refractivity contribution is 6.00. The summed E-state index contributed by atoms with van der Waals surface area (Å²) in [6, 6.07) is 11.4. The van der Waals surface area contributed by atoms with Crippen LogP contribution in [0.2, 0.25) is 0 Å². The van der Waals surface area contributed by atoms with Crippen LogP contribution in [0.15, 0.2) is 41.5 Å². The number of rotatable bonds is 4. The van der Waals surface area contributed by atoms with Gasteiger partial charge in [-0.2, -0.15) is 10.2 Å². The summed E-state index contributed by atoms with van der Waals surface area (Å²) in [5.74, 6) is -0.0120. The number of carbonyl (C=O) groups excluding carboxylic acids is 1. The second kappa shape index (κ2) is 6.14. The van der Waals surface area contributed by atoms with E-state index in [1.54, 1.807) is 6.07 Å². The Morgan fingerprint density at radius 3 is 2.60 bits per heavy atom. The lowest BCUT2D eigenvalue weighted by Crippen LogP contribution is -2.19. The Bertz CT molecular complexity index is 614. The summed E-state index contributed by atoms with van der Waals surface area (Å²) in [6.45, 7) is 5.92. The molecule has 0 bridgehead atoms. The molecule has 1 aromatic carbocycles. The molecule has 104 valence electrons. The van der Waals surface area contributed by atoms with Crippen LogP contribution in [0.5, 0.6) is 0 Å². The lowest BCUT2D eigenvalue weighted by atomic mass is 10.1. The molecular formula is C15H18N4O. The van der Waals surface area contributed by atoms with Crippen molar-refractivity contribution in [2.45, 2.75) is 26.7 Å². The molecule has 1 amide bonds. The third kappa shape index (κ3) is 3.32. The Kier molecular flexibility index (Phi) is 4.30. The van der Waals surface area contributed by atoms with Gasteiger partial charge in [0.15, 0.2) is 5.69 Å². The van der Waals surface area contributed by atoms with E-state index in [4.69, 9.17) is 0 Å². The summed E-state index contributed by atoms with van der Waals surface area (Å²) in [7, 11) is 0. The van der Waals surface area contributed by atoms with E-state index in [1.807, 2.05) is 51.1 Å². The number of nitrogens with one attached hydrogen (secondary N) is 2. The standard InChI is InChI=1S/C15H18N4O/c1-10(2)13-9-14(18-17-13)15(20)19-16-11(3)12-7-5-4-6-8-12/h4-10H,1-3H3,(H,17,18)(H,19,20)/b16-11-. The highest BCUT2D eigenvalue weighted by atomic mass is 16.2. The average Bonchev–Trinajstić information content (AvgIpc) is 2.95. The van der Waals surface area contributed by atoms with Gasteiger partial charge >= 0.3 is 0 Å². The van der Waals surface area contributed by atoms with E-state index in [-0.39, 0.29) is 5.91 Å². The molecule has 0 radical (unpaired) electrons. The van der Waals surface area contributed by atoms with E-state index in [0.29, 0.717) is 11.6 Å². The van der Waals surface area contributed by atoms with Crippen molar-refractivity contribution in [3.8, 4) is 0 Å². The van der Waals surface area contributed by atoms with Gasteiger partial charge in [-0.25, -0.2) is 5.43 Å². The van der Waals surface area contributed by atoms with Crippen LogP contribution in [0.25, 0.3) is 0 Å². The van der Waals surface area contributed by atoms with Gasteiger partial charge in [-0.1, -0.05) is 44.2 Å². The number of nitrogens with zero attached hydrogens (tertiary/aromatic N) is 2. The van der Waals surface area contributed by atoms with Crippen LogP contribution >= 0.6 is 0 Å². The molecule has 0 atom stereocenters. The van der Waals surface area contributed by atoms with Gasteiger partial charge < -0.3 is 0 Å². The van der Waals surface area contributed by atoms with E-state index in [1.165, 1.54) is 0 Å². The van der Waals surface area contributed by atoms with Crippen molar-refractivity contribution in [3.05, 3.63) is 53.3 Å². The van der Waals surface area contributed by atoms with Crippen molar-refractivity contribution in [2.75, 3.05) is 0 Å². The first kappa shape index (κ1) is 14.0. The third-order valence-corrected chi connectivity index (χ3v) is 2.97. The SMILES string of the molecule is C/C(=N/NC(=O)c1cc(C(C)C)[nH]n1)c1ccccc1. The minimum atomic E-state index is -0.316. The zero-order chi connectivity index (χ0) is 14.5. The quantitative estimate of drug-likeness (QED) is 0.662. The maximum Gasteiger partial charge on any atom is 0.291 e. The minimum absolute atomic E-state index is 0.304. The van der Waals surface area contributed by atoms with Gasteiger partial charge in [0.25, 0.3) is 5.91 Å². The van der Waals surface area contributed by atoms with E-state index < -0.39 is 0 Å². The Labute approximate surface area is 118 Å². The monoisotopic (exact) mass is 270 g/mol. The number of H-pyrrole nitrogens is 1. The van der Waals surface area contributed by atoms with Gasteiger partial charge in [0.2, 0.25) is 0 Å². The van der Waals surface area contributed by atoms with E-state index in [2.05, 4.69) is 20.7 Å². The molecule has 1 aromatic heterocycles. The smallest absolute Gasteiger partial charge is 0.282 e. The maximum atomic E-state index is 11.9. The Morgan fingerprint density at radius 2 is 2.00 bits per heavy atom. The van der Waals surface area contributed by atoms with E-state index in [9.17, 15) is 4.79 Å². The molecule has 0 aliphatic carbocycles. The first-order valence-corrected chi connectivity index (χ1v) is 6.53. The van der Waals surface area contributed by atoms with Crippen LogP contribution in [0.1, 0.15) is 48.4 Å². The highest BCUT2D eigenvalue weighted by Gasteiger charge is 2.11.